The van der Waals surface area contributed by atoms with Crippen LogP contribution < -0.4 is 21.7 Å². The molecule has 0 spiro atoms. The molecule has 0 rings (SSSR count). The molecule has 0 aromatic rings. The molecule has 0 bridgehead atoms. The van der Waals surface area contributed by atoms with E-state index < -0.39 is 36.3 Å². The average molecular weight is 292 g/mol. The first-order chi connectivity index (χ1) is 8.90. The molecular formula is C9H16N4O5S. The molecule has 108 valence electrons. The Bertz CT molecular complexity index is 363. The van der Waals surface area contributed by atoms with E-state index in [-0.39, 0.29) is 18.8 Å². The Morgan fingerprint density at radius 3 is 2.05 bits per heavy atom. The van der Waals surface area contributed by atoms with E-state index in [2.05, 4.69) is 28.6 Å². The monoisotopic (exact) mass is 292 g/mol. The molecule has 0 radical (unpaired) electrons. The molecule has 3 amide bonds. The van der Waals surface area contributed by atoms with Crippen molar-refractivity contribution < 1.29 is 24.3 Å². The molecule has 0 heterocycles. The summed E-state index contributed by atoms with van der Waals surface area (Å²) in [5, 5.41) is 15.2. The van der Waals surface area contributed by atoms with Gasteiger partial charge in [-0.3, -0.25) is 14.4 Å². The summed E-state index contributed by atoms with van der Waals surface area (Å²) in [5.41, 5.74) is 5.01. The van der Waals surface area contributed by atoms with Crippen molar-refractivity contribution in [3.05, 3.63) is 0 Å². The number of nitrogens with one attached hydrogen (secondary N) is 3. The Balaban J connectivity index is 3.92. The van der Waals surface area contributed by atoms with E-state index in [1.165, 1.54) is 0 Å². The Labute approximate surface area is 114 Å². The highest BCUT2D eigenvalue weighted by atomic mass is 32.1. The largest absolute Gasteiger partial charge is 0.480 e. The normalized spacial score (nSPS) is 11.3. The zero-order chi connectivity index (χ0) is 14.8. The highest BCUT2D eigenvalue weighted by Gasteiger charge is 2.18. The third-order valence-electron chi connectivity index (χ3n) is 1.89. The molecule has 1 atom stereocenters. The Hall–Kier alpha value is -1.81. The summed E-state index contributed by atoms with van der Waals surface area (Å²) in [6.45, 7) is -0.941. The third-order valence-corrected chi connectivity index (χ3v) is 2.26. The van der Waals surface area contributed by atoms with Gasteiger partial charge in [0.1, 0.15) is 6.04 Å². The fourth-order valence-corrected chi connectivity index (χ4v) is 1.17. The molecule has 9 nitrogen and oxygen atoms in total. The van der Waals surface area contributed by atoms with Crippen molar-refractivity contribution in [1.29, 1.82) is 0 Å². The van der Waals surface area contributed by atoms with E-state index in [0.29, 0.717) is 0 Å². The van der Waals surface area contributed by atoms with Gasteiger partial charge in [-0.25, -0.2) is 4.79 Å². The van der Waals surface area contributed by atoms with Crippen molar-refractivity contribution in [2.75, 3.05) is 25.4 Å². The number of carbonyl (C=O) groups is 4. The van der Waals surface area contributed by atoms with Gasteiger partial charge in [0, 0.05) is 5.75 Å². The first kappa shape index (κ1) is 17.2. The number of amides is 3. The van der Waals surface area contributed by atoms with Gasteiger partial charge in [0.05, 0.1) is 19.6 Å². The number of nitrogens with two attached hydrogens (primary N) is 1. The zero-order valence-electron chi connectivity index (χ0n) is 10.0. The van der Waals surface area contributed by atoms with Crippen LogP contribution in [0.1, 0.15) is 0 Å². The fourth-order valence-electron chi connectivity index (χ4n) is 0.923. The lowest BCUT2D eigenvalue weighted by atomic mass is 10.3. The summed E-state index contributed by atoms with van der Waals surface area (Å²) in [6.07, 6.45) is 0. The van der Waals surface area contributed by atoms with E-state index in [1.54, 1.807) is 0 Å². The zero-order valence-corrected chi connectivity index (χ0v) is 10.9. The number of aliphatic carboxylic acids is 1. The van der Waals surface area contributed by atoms with Gasteiger partial charge in [0.15, 0.2) is 0 Å². The van der Waals surface area contributed by atoms with Crippen molar-refractivity contribution in [1.82, 2.24) is 16.0 Å². The highest BCUT2D eigenvalue weighted by Crippen LogP contribution is 1.87. The van der Waals surface area contributed by atoms with Gasteiger partial charge in [-0.1, -0.05) is 0 Å². The van der Waals surface area contributed by atoms with Crippen LogP contribution in [-0.2, 0) is 19.2 Å². The Morgan fingerprint density at radius 1 is 1.05 bits per heavy atom. The summed E-state index contributed by atoms with van der Waals surface area (Å²) >= 11 is 3.76. The minimum Gasteiger partial charge on any atom is -0.480 e. The number of carbonyl (C=O) groups excluding carboxylic acids is 3. The van der Waals surface area contributed by atoms with E-state index >= 15 is 0 Å². The summed E-state index contributed by atoms with van der Waals surface area (Å²) in [5.74, 6) is -3.04. The number of hydrogen-bond acceptors (Lipinski definition) is 6. The van der Waals surface area contributed by atoms with Crippen molar-refractivity contribution in [2.24, 2.45) is 5.73 Å². The van der Waals surface area contributed by atoms with Crippen molar-refractivity contribution in [3.63, 3.8) is 0 Å². The molecule has 1 unspecified atom stereocenters. The predicted octanol–water partition coefficient (Wildman–Crippen LogP) is -3.32. The van der Waals surface area contributed by atoms with E-state index in [1.807, 2.05) is 0 Å². The number of rotatable bonds is 8. The van der Waals surface area contributed by atoms with Gasteiger partial charge in [-0.15, -0.1) is 0 Å². The van der Waals surface area contributed by atoms with Gasteiger partial charge < -0.3 is 26.8 Å². The molecule has 0 aliphatic carbocycles. The molecule has 0 aromatic heterocycles. The van der Waals surface area contributed by atoms with Crippen LogP contribution in [0.5, 0.6) is 0 Å². The van der Waals surface area contributed by atoms with Gasteiger partial charge in [0.2, 0.25) is 17.7 Å². The van der Waals surface area contributed by atoms with E-state index in [9.17, 15) is 19.2 Å². The van der Waals surface area contributed by atoms with Gasteiger partial charge in [-0.05, 0) is 0 Å². The van der Waals surface area contributed by atoms with Crippen LogP contribution in [0.25, 0.3) is 0 Å². The SMILES string of the molecule is NCC(=O)NCC(=O)NCC(=O)NC(CS)C(=O)O. The molecule has 0 saturated heterocycles. The lowest BCUT2D eigenvalue weighted by Crippen LogP contribution is -2.48. The summed E-state index contributed by atoms with van der Waals surface area (Å²) < 4.78 is 0. The number of thiol groups is 1. The molecule has 0 saturated carbocycles. The fraction of sp³-hybridized carbons (Fsp3) is 0.556. The Morgan fingerprint density at radius 2 is 1.58 bits per heavy atom. The topological polar surface area (TPSA) is 151 Å². The molecule has 19 heavy (non-hydrogen) atoms. The lowest BCUT2D eigenvalue weighted by molar-refractivity contribution is -0.141. The first-order valence-electron chi connectivity index (χ1n) is 5.27. The molecule has 6 N–H and O–H groups in total. The second-order valence-electron chi connectivity index (χ2n) is 3.40. The van der Waals surface area contributed by atoms with E-state index in [0.717, 1.165) is 0 Å². The van der Waals surface area contributed by atoms with Crippen molar-refractivity contribution in [2.45, 2.75) is 6.04 Å². The number of hydrogen-bond donors (Lipinski definition) is 6. The van der Waals surface area contributed by atoms with Crippen LogP contribution in [-0.4, -0.2) is 60.2 Å². The molecule has 10 heteroatoms. The second kappa shape index (κ2) is 9.16. The van der Waals surface area contributed by atoms with Crippen molar-refractivity contribution >= 4 is 36.3 Å². The van der Waals surface area contributed by atoms with Crippen LogP contribution in [0.3, 0.4) is 0 Å². The van der Waals surface area contributed by atoms with E-state index in [4.69, 9.17) is 10.8 Å². The maximum absolute atomic E-state index is 11.3. The molecule has 0 aliphatic heterocycles. The average Bonchev–Trinajstić information content (AvgIpc) is 2.39. The smallest absolute Gasteiger partial charge is 0.327 e. The highest BCUT2D eigenvalue weighted by molar-refractivity contribution is 7.80. The lowest BCUT2D eigenvalue weighted by Gasteiger charge is -2.12. The van der Waals surface area contributed by atoms with Crippen LogP contribution in [0, 0.1) is 0 Å². The maximum atomic E-state index is 11.3. The summed E-state index contributed by atoms with van der Waals surface area (Å²) in [7, 11) is 0. The van der Waals surface area contributed by atoms with Gasteiger partial charge >= 0.3 is 5.97 Å². The van der Waals surface area contributed by atoms with Crippen molar-refractivity contribution in [3.8, 4) is 0 Å². The quantitative estimate of drug-likeness (QED) is 0.258. The molecular weight excluding hydrogens is 276 g/mol. The van der Waals surface area contributed by atoms with Crippen LogP contribution in [0.15, 0.2) is 0 Å². The molecule has 0 aromatic carbocycles. The molecule has 0 aliphatic rings. The molecule has 0 fully saturated rings. The van der Waals surface area contributed by atoms with Crippen LogP contribution in [0.4, 0.5) is 0 Å². The van der Waals surface area contributed by atoms with Crippen LogP contribution >= 0.6 is 12.6 Å². The third kappa shape index (κ3) is 8.00. The Kier molecular flexibility index (Phi) is 8.29. The maximum Gasteiger partial charge on any atom is 0.327 e. The summed E-state index contributed by atoms with van der Waals surface area (Å²) in [6, 6.07) is -1.12. The minimum absolute atomic E-state index is 0.0679. The standard InChI is InChI=1S/C9H16N4O5S/c10-1-6(14)11-2-7(15)12-3-8(16)13-5(4-19)9(17)18/h5,19H,1-4,10H2,(H,11,14)(H,12,15)(H,13,16)(H,17,18). The van der Waals surface area contributed by atoms with Gasteiger partial charge in [-0.2, -0.15) is 12.6 Å². The predicted molar refractivity (Wildman–Crippen MR) is 68.5 cm³/mol. The number of carboxylic acids is 1. The number of carboxylic acid groups (broad SMARTS) is 1. The second-order valence-corrected chi connectivity index (χ2v) is 3.76. The summed E-state index contributed by atoms with van der Waals surface area (Å²) in [4.78, 5) is 43.8. The van der Waals surface area contributed by atoms with Crippen LogP contribution in [0.2, 0.25) is 0 Å². The van der Waals surface area contributed by atoms with Gasteiger partial charge in [0.25, 0.3) is 0 Å². The first-order valence-corrected chi connectivity index (χ1v) is 5.90. The minimum atomic E-state index is -1.22.